The van der Waals surface area contributed by atoms with E-state index >= 15 is 0 Å². The van der Waals surface area contributed by atoms with Crippen molar-refractivity contribution < 1.29 is 13.5 Å². The van der Waals surface area contributed by atoms with Crippen molar-refractivity contribution in [3.05, 3.63) is 59.4 Å². The minimum absolute atomic E-state index is 0.299. The average Bonchev–Trinajstić information content (AvgIpc) is 2.98. The molecule has 0 amide bonds. The molecule has 2 aromatic rings. The molecule has 1 aliphatic rings. The number of sulfone groups is 1. The molecule has 6 nitrogen and oxygen atoms in total. The van der Waals surface area contributed by atoms with Crippen molar-refractivity contribution in [2.75, 3.05) is 25.1 Å². The lowest BCUT2D eigenvalue weighted by Crippen LogP contribution is -2.33. The summed E-state index contributed by atoms with van der Waals surface area (Å²) in [5, 5.41) is 14.4. The number of aromatic nitrogens is 2. The topological polar surface area (TPSA) is 75.4 Å². The Labute approximate surface area is 148 Å². The van der Waals surface area contributed by atoms with Gasteiger partial charge < -0.3 is 5.11 Å². The van der Waals surface area contributed by atoms with Crippen LogP contribution in [0.25, 0.3) is 6.08 Å². The molecule has 0 aliphatic carbocycles. The number of fused-ring (bicyclic) bond motifs is 1. The highest BCUT2D eigenvalue weighted by atomic mass is 32.2. The van der Waals surface area contributed by atoms with Gasteiger partial charge in [-0.05, 0) is 11.6 Å². The molecule has 1 N–H and O–H groups in total. The summed E-state index contributed by atoms with van der Waals surface area (Å²) in [5.41, 5.74) is 2.61. The summed E-state index contributed by atoms with van der Waals surface area (Å²) in [6, 6.07) is 12.0. The first-order chi connectivity index (χ1) is 11.9. The number of nitrogens with zero attached hydrogens (tertiary/aromatic N) is 3. The van der Waals surface area contributed by atoms with Crippen molar-refractivity contribution in [3.8, 4) is 0 Å². The van der Waals surface area contributed by atoms with Gasteiger partial charge >= 0.3 is 0 Å². The lowest BCUT2D eigenvalue weighted by atomic mass is 10.2. The van der Waals surface area contributed by atoms with E-state index in [1.807, 2.05) is 28.9 Å². The van der Waals surface area contributed by atoms with Crippen molar-refractivity contribution in [3.63, 3.8) is 0 Å². The van der Waals surface area contributed by atoms with Crippen LogP contribution in [0.2, 0.25) is 0 Å². The zero-order valence-electron chi connectivity index (χ0n) is 14.2. The fraction of sp³-hybridized carbons (Fsp3) is 0.389. The second kappa shape index (κ2) is 7.51. The van der Waals surface area contributed by atoms with Gasteiger partial charge in [0.15, 0.2) is 0 Å². The minimum Gasteiger partial charge on any atom is -0.386 e. The largest absolute Gasteiger partial charge is 0.386 e. The lowest BCUT2D eigenvalue weighted by molar-refractivity contribution is 0.194. The molecule has 25 heavy (non-hydrogen) atoms. The second-order valence-corrected chi connectivity index (χ2v) is 8.62. The van der Waals surface area contributed by atoms with E-state index in [9.17, 15) is 13.5 Å². The summed E-state index contributed by atoms with van der Waals surface area (Å²) >= 11 is 0. The molecule has 1 aromatic heterocycles. The van der Waals surface area contributed by atoms with Gasteiger partial charge in [0.2, 0.25) is 0 Å². The highest BCUT2D eigenvalue weighted by Gasteiger charge is 2.22. The van der Waals surface area contributed by atoms with Gasteiger partial charge in [-0.1, -0.05) is 42.5 Å². The highest BCUT2D eigenvalue weighted by molar-refractivity contribution is 7.90. The van der Waals surface area contributed by atoms with Crippen molar-refractivity contribution in [1.29, 1.82) is 0 Å². The van der Waals surface area contributed by atoms with Crippen LogP contribution in [0.5, 0.6) is 0 Å². The predicted molar refractivity (Wildman–Crippen MR) is 97.7 cm³/mol. The average molecular weight is 361 g/mol. The van der Waals surface area contributed by atoms with E-state index in [1.165, 1.54) is 5.56 Å². The van der Waals surface area contributed by atoms with E-state index in [-0.39, 0.29) is 5.75 Å². The Morgan fingerprint density at radius 2 is 2.04 bits per heavy atom. The quantitative estimate of drug-likeness (QED) is 0.844. The Bertz CT molecular complexity index is 844. The van der Waals surface area contributed by atoms with Crippen LogP contribution in [0.3, 0.4) is 0 Å². The molecule has 134 valence electrons. The first-order valence-corrected chi connectivity index (χ1v) is 10.3. The summed E-state index contributed by atoms with van der Waals surface area (Å²) in [4.78, 5) is 2.29. The number of aliphatic hydroxyl groups excluding tert-OH is 1. The molecule has 0 saturated carbocycles. The molecular formula is C18H23N3O3S. The Kier molecular flexibility index (Phi) is 5.36. The molecule has 7 heteroatoms. The van der Waals surface area contributed by atoms with Gasteiger partial charge in [0.05, 0.1) is 23.7 Å². The van der Waals surface area contributed by atoms with Crippen LogP contribution in [0.4, 0.5) is 0 Å². The molecule has 1 aromatic carbocycles. The third kappa shape index (κ3) is 5.01. The summed E-state index contributed by atoms with van der Waals surface area (Å²) in [7, 11) is -3.24. The smallest absolute Gasteiger partial charge is 0.150 e. The molecular weight excluding hydrogens is 338 g/mol. The summed E-state index contributed by atoms with van der Waals surface area (Å²) in [5.74, 6) is -0.299. The summed E-state index contributed by atoms with van der Waals surface area (Å²) in [6.07, 6.45) is 4.29. The zero-order chi connectivity index (χ0) is 17.9. The maximum Gasteiger partial charge on any atom is 0.150 e. The van der Waals surface area contributed by atoms with Gasteiger partial charge in [0, 0.05) is 25.9 Å². The van der Waals surface area contributed by atoms with Crippen LogP contribution in [0.15, 0.2) is 42.5 Å². The SMILES string of the molecule is CS(=O)(=O)CC(O)c1cc2n(n1)CCN(C/C=C/c1ccccc1)C2. The molecule has 1 unspecified atom stereocenters. The third-order valence-electron chi connectivity index (χ3n) is 4.17. The number of hydrogen-bond acceptors (Lipinski definition) is 5. The first kappa shape index (κ1) is 17.8. The van der Waals surface area contributed by atoms with E-state index in [4.69, 9.17) is 0 Å². The van der Waals surface area contributed by atoms with Gasteiger partial charge in [0.25, 0.3) is 0 Å². The van der Waals surface area contributed by atoms with Gasteiger partial charge in [-0.15, -0.1) is 0 Å². The summed E-state index contributed by atoms with van der Waals surface area (Å²) in [6.45, 7) is 3.18. The van der Waals surface area contributed by atoms with E-state index < -0.39 is 15.9 Å². The normalized spacial score (nSPS) is 16.9. The van der Waals surface area contributed by atoms with Crippen molar-refractivity contribution in [2.45, 2.75) is 19.2 Å². The molecule has 0 spiro atoms. The van der Waals surface area contributed by atoms with E-state index in [1.54, 1.807) is 0 Å². The van der Waals surface area contributed by atoms with Gasteiger partial charge in [0.1, 0.15) is 15.9 Å². The van der Waals surface area contributed by atoms with Crippen molar-refractivity contribution in [1.82, 2.24) is 14.7 Å². The molecule has 2 heterocycles. The Morgan fingerprint density at radius 3 is 2.76 bits per heavy atom. The number of aliphatic hydroxyl groups is 1. The molecule has 1 atom stereocenters. The Hall–Kier alpha value is -1.96. The monoisotopic (exact) mass is 361 g/mol. The number of hydrogen-bond donors (Lipinski definition) is 1. The van der Waals surface area contributed by atoms with E-state index in [2.05, 4.69) is 34.3 Å². The van der Waals surface area contributed by atoms with Gasteiger partial charge in [-0.2, -0.15) is 5.10 Å². The van der Waals surface area contributed by atoms with Crippen molar-refractivity contribution >= 4 is 15.9 Å². The Balaban J connectivity index is 1.61. The van der Waals surface area contributed by atoms with Crippen LogP contribution < -0.4 is 0 Å². The molecule has 1 aliphatic heterocycles. The third-order valence-corrected chi connectivity index (χ3v) is 5.09. The second-order valence-electron chi connectivity index (χ2n) is 6.44. The fourth-order valence-corrected chi connectivity index (χ4v) is 3.68. The van der Waals surface area contributed by atoms with E-state index in [0.29, 0.717) is 5.69 Å². The number of benzene rings is 1. The number of rotatable bonds is 6. The van der Waals surface area contributed by atoms with Crippen LogP contribution in [-0.4, -0.2) is 53.3 Å². The standard InChI is InChI=1S/C18H23N3O3S/c1-25(23,24)14-18(22)17-12-16-13-20(10-11-21(16)19-17)9-5-8-15-6-3-2-4-7-15/h2-8,12,18,22H,9-11,13-14H2,1H3/b8-5+. The molecule has 0 fully saturated rings. The van der Waals surface area contributed by atoms with Gasteiger partial charge in [-0.25, -0.2) is 8.42 Å². The van der Waals surface area contributed by atoms with Gasteiger partial charge in [-0.3, -0.25) is 9.58 Å². The molecule has 3 rings (SSSR count). The van der Waals surface area contributed by atoms with Crippen LogP contribution in [0, 0.1) is 0 Å². The maximum atomic E-state index is 11.3. The lowest BCUT2D eigenvalue weighted by Gasteiger charge is -2.26. The van der Waals surface area contributed by atoms with Crippen molar-refractivity contribution in [2.24, 2.45) is 0 Å². The highest BCUT2D eigenvalue weighted by Crippen LogP contribution is 2.19. The molecule has 0 saturated heterocycles. The zero-order valence-corrected chi connectivity index (χ0v) is 15.1. The van der Waals surface area contributed by atoms with Crippen LogP contribution in [0.1, 0.15) is 23.1 Å². The molecule has 0 bridgehead atoms. The van der Waals surface area contributed by atoms with Crippen LogP contribution >= 0.6 is 0 Å². The first-order valence-electron chi connectivity index (χ1n) is 8.27. The fourth-order valence-electron chi connectivity index (χ4n) is 2.94. The Morgan fingerprint density at radius 1 is 1.28 bits per heavy atom. The summed E-state index contributed by atoms with van der Waals surface area (Å²) < 4.78 is 24.5. The van der Waals surface area contributed by atoms with Crippen LogP contribution in [-0.2, 0) is 22.9 Å². The molecule has 0 radical (unpaired) electrons. The van der Waals surface area contributed by atoms with E-state index in [0.717, 1.165) is 38.1 Å². The predicted octanol–water partition coefficient (Wildman–Crippen LogP) is 1.49. The maximum absolute atomic E-state index is 11.3. The minimum atomic E-state index is -3.24.